The van der Waals surface area contributed by atoms with E-state index in [0.717, 1.165) is 22.8 Å². The Labute approximate surface area is 260 Å². The van der Waals surface area contributed by atoms with Gasteiger partial charge in [0.1, 0.15) is 0 Å². The number of fused-ring (bicyclic) bond motifs is 2. The van der Waals surface area contributed by atoms with Crippen LogP contribution in [0.15, 0.2) is 66.2 Å². The Balaban J connectivity index is 1.16. The smallest absolute Gasteiger partial charge is 0.408 e. The largest absolute Gasteiger partial charge is 0.488 e. The summed E-state index contributed by atoms with van der Waals surface area (Å²) in [4.78, 5) is 27.5. The number of aryl methyl sites for hydroxylation is 1. The lowest BCUT2D eigenvalue weighted by molar-refractivity contribution is -0.118. The normalized spacial score (nSPS) is 19.4. The molecule has 3 aromatic carbocycles. The summed E-state index contributed by atoms with van der Waals surface area (Å²) in [6, 6.07) is 16.7. The topological polar surface area (TPSA) is 90.9 Å². The Bertz CT molecular complexity index is 1610. The number of hydrogen-bond acceptors (Lipinski definition) is 4. The lowest BCUT2D eigenvalue weighted by Gasteiger charge is -2.46. The number of amides is 2. The zero-order chi connectivity index (χ0) is 31.5. The average Bonchev–Trinajstić information content (AvgIpc) is 3.88. The maximum Gasteiger partial charge on any atom is 0.408 e. The number of nitrogens with zero attached hydrogens (tertiary/aromatic N) is 1. The molecule has 2 unspecified atom stereocenters. The van der Waals surface area contributed by atoms with Gasteiger partial charge in [-0.15, -0.1) is 0 Å². The van der Waals surface area contributed by atoms with Gasteiger partial charge in [0, 0.05) is 25.2 Å². The standard InChI is InChI=1S/C35H36F3N3O4/c36-28-13-14-29(37)33(32(28)38)45-17-3-4-21-7-9-24(10-8-21)27-18-25-19-39-20-30(41(25)35(43)44)31(27)34(42)40-16-15-22-5-1-2-6-26(22)23-11-12-23/h1-2,5-10,13-14,23,25,30,39H,3-4,11-12,15-20H2,(H,40,42)(H,43,44). The zero-order valence-corrected chi connectivity index (χ0v) is 24.8. The minimum atomic E-state index is -1.34. The summed E-state index contributed by atoms with van der Waals surface area (Å²) in [6.45, 7) is 1.30. The molecule has 1 saturated carbocycles. The number of carboxylic acid groups (broad SMARTS) is 1. The van der Waals surface area contributed by atoms with E-state index in [1.54, 1.807) is 0 Å². The van der Waals surface area contributed by atoms with Crippen LogP contribution >= 0.6 is 0 Å². The molecule has 3 aromatic rings. The predicted molar refractivity (Wildman–Crippen MR) is 164 cm³/mol. The monoisotopic (exact) mass is 619 g/mol. The Hall–Kier alpha value is -4.31. The highest BCUT2D eigenvalue weighted by molar-refractivity contribution is 6.03. The van der Waals surface area contributed by atoms with Crippen LogP contribution in [0, 0.1) is 17.5 Å². The van der Waals surface area contributed by atoms with Crippen LogP contribution in [0.5, 0.6) is 5.75 Å². The van der Waals surface area contributed by atoms with Crippen LogP contribution in [0.2, 0.25) is 0 Å². The molecule has 7 nitrogen and oxygen atoms in total. The third kappa shape index (κ3) is 6.71. The Morgan fingerprint density at radius 1 is 0.956 bits per heavy atom. The lowest BCUT2D eigenvalue weighted by atomic mass is 9.82. The summed E-state index contributed by atoms with van der Waals surface area (Å²) in [5.74, 6) is -3.84. The van der Waals surface area contributed by atoms with Crippen molar-refractivity contribution in [2.75, 3.05) is 26.2 Å². The maximum atomic E-state index is 13.9. The molecule has 1 aliphatic carbocycles. The van der Waals surface area contributed by atoms with E-state index in [4.69, 9.17) is 4.74 Å². The van der Waals surface area contributed by atoms with Gasteiger partial charge in [-0.2, -0.15) is 4.39 Å². The molecular formula is C35H36F3N3O4. The fraction of sp³-hybridized carbons (Fsp3) is 0.371. The van der Waals surface area contributed by atoms with Crippen molar-refractivity contribution in [3.8, 4) is 5.75 Å². The van der Waals surface area contributed by atoms with Gasteiger partial charge in [0.05, 0.1) is 18.7 Å². The minimum Gasteiger partial charge on any atom is -0.488 e. The van der Waals surface area contributed by atoms with Gasteiger partial charge in [0.25, 0.3) is 0 Å². The number of ether oxygens (including phenoxy) is 1. The van der Waals surface area contributed by atoms with Crippen molar-refractivity contribution in [3.63, 3.8) is 0 Å². The Morgan fingerprint density at radius 3 is 2.47 bits per heavy atom. The van der Waals surface area contributed by atoms with E-state index in [1.165, 1.54) is 28.9 Å². The van der Waals surface area contributed by atoms with Crippen LogP contribution in [0.4, 0.5) is 18.0 Å². The van der Waals surface area contributed by atoms with Crippen LogP contribution in [-0.2, 0) is 17.6 Å². The van der Waals surface area contributed by atoms with E-state index in [1.807, 2.05) is 30.3 Å². The molecule has 2 aliphatic heterocycles. The summed E-state index contributed by atoms with van der Waals surface area (Å²) < 4.78 is 46.3. The molecule has 45 heavy (non-hydrogen) atoms. The average molecular weight is 620 g/mol. The summed E-state index contributed by atoms with van der Waals surface area (Å²) in [5, 5.41) is 16.4. The van der Waals surface area contributed by atoms with Crippen LogP contribution in [0.25, 0.3) is 5.57 Å². The lowest BCUT2D eigenvalue weighted by Crippen LogP contribution is -2.63. The first-order chi connectivity index (χ1) is 21.8. The van der Waals surface area contributed by atoms with E-state index < -0.39 is 35.3 Å². The molecule has 3 N–H and O–H groups in total. The first-order valence-corrected chi connectivity index (χ1v) is 15.5. The molecule has 2 heterocycles. The second-order valence-corrected chi connectivity index (χ2v) is 11.9. The van der Waals surface area contributed by atoms with Crippen molar-refractivity contribution in [1.82, 2.24) is 15.5 Å². The fourth-order valence-corrected chi connectivity index (χ4v) is 6.57. The van der Waals surface area contributed by atoms with Crippen LogP contribution < -0.4 is 15.4 Å². The first kappa shape index (κ1) is 30.7. The van der Waals surface area contributed by atoms with E-state index in [2.05, 4.69) is 28.8 Å². The third-order valence-corrected chi connectivity index (χ3v) is 8.92. The summed E-state index contributed by atoms with van der Waals surface area (Å²) in [7, 11) is 0. The molecule has 236 valence electrons. The van der Waals surface area contributed by atoms with Crippen molar-refractivity contribution in [2.24, 2.45) is 0 Å². The first-order valence-electron chi connectivity index (χ1n) is 15.5. The van der Waals surface area contributed by atoms with Crippen molar-refractivity contribution in [1.29, 1.82) is 0 Å². The van der Waals surface area contributed by atoms with Crippen LogP contribution in [0.1, 0.15) is 53.9 Å². The molecule has 2 bridgehead atoms. The molecule has 10 heteroatoms. The Morgan fingerprint density at radius 2 is 1.71 bits per heavy atom. The number of piperazine rings is 1. The number of carbonyl (C=O) groups is 2. The summed E-state index contributed by atoms with van der Waals surface area (Å²) in [5.41, 5.74) is 5.69. The molecule has 1 saturated heterocycles. The molecule has 2 atom stereocenters. The minimum absolute atomic E-state index is 0.00102. The van der Waals surface area contributed by atoms with Crippen molar-refractivity contribution in [3.05, 3.63) is 106 Å². The number of hydrogen-bond donors (Lipinski definition) is 3. The molecular weight excluding hydrogens is 583 g/mol. The molecule has 3 aliphatic rings. The van der Waals surface area contributed by atoms with Gasteiger partial charge in [-0.3, -0.25) is 9.69 Å². The maximum absolute atomic E-state index is 13.9. The zero-order valence-electron chi connectivity index (χ0n) is 24.8. The number of rotatable bonds is 11. The van der Waals surface area contributed by atoms with Gasteiger partial charge in [0.15, 0.2) is 17.4 Å². The van der Waals surface area contributed by atoms with Crippen molar-refractivity contribution in [2.45, 2.75) is 56.5 Å². The SMILES string of the molecule is O=C(NCCc1ccccc1C1CC1)C1=C(c2ccc(CCCOc3c(F)ccc(F)c3F)cc2)CC2CNCC1N2C(=O)O. The number of halogens is 3. The molecule has 0 radical (unpaired) electrons. The molecule has 6 rings (SSSR count). The third-order valence-electron chi connectivity index (χ3n) is 8.92. The van der Waals surface area contributed by atoms with Crippen molar-refractivity contribution >= 4 is 17.6 Å². The number of carbonyl (C=O) groups excluding carboxylic acids is 1. The second-order valence-electron chi connectivity index (χ2n) is 11.9. The molecule has 0 aromatic heterocycles. The van der Waals surface area contributed by atoms with Gasteiger partial charge in [0.2, 0.25) is 11.7 Å². The van der Waals surface area contributed by atoms with Gasteiger partial charge < -0.3 is 20.5 Å². The van der Waals surface area contributed by atoms with Gasteiger partial charge in [-0.1, -0.05) is 48.5 Å². The van der Waals surface area contributed by atoms with E-state index in [9.17, 15) is 27.9 Å². The Kier molecular flexibility index (Phi) is 9.11. The highest BCUT2D eigenvalue weighted by Crippen LogP contribution is 2.42. The van der Waals surface area contributed by atoms with E-state index >= 15 is 0 Å². The van der Waals surface area contributed by atoms with E-state index in [-0.39, 0.29) is 18.6 Å². The van der Waals surface area contributed by atoms with Gasteiger partial charge >= 0.3 is 6.09 Å². The van der Waals surface area contributed by atoms with Crippen molar-refractivity contribution < 1.29 is 32.6 Å². The molecule has 2 fully saturated rings. The predicted octanol–water partition coefficient (Wildman–Crippen LogP) is 5.83. The highest BCUT2D eigenvalue weighted by atomic mass is 19.2. The summed E-state index contributed by atoms with van der Waals surface area (Å²) >= 11 is 0. The van der Waals surface area contributed by atoms with E-state index in [0.29, 0.717) is 62.9 Å². The number of nitrogens with one attached hydrogen (secondary N) is 2. The molecule has 0 spiro atoms. The second kappa shape index (κ2) is 13.4. The highest BCUT2D eigenvalue weighted by Gasteiger charge is 2.44. The molecule has 2 amide bonds. The summed E-state index contributed by atoms with van der Waals surface area (Å²) in [6.07, 6.45) is 3.45. The quantitative estimate of drug-likeness (QED) is 0.186. The van der Waals surface area contributed by atoms with Crippen LogP contribution in [0.3, 0.4) is 0 Å². The van der Waals surface area contributed by atoms with Crippen LogP contribution in [-0.4, -0.2) is 60.3 Å². The number of benzene rings is 3. The van der Waals surface area contributed by atoms with Gasteiger partial charge in [-0.25, -0.2) is 13.6 Å². The van der Waals surface area contributed by atoms with Gasteiger partial charge in [-0.05, 0) is 84.4 Å². The fourth-order valence-electron chi connectivity index (χ4n) is 6.57.